The Morgan fingerprint density at radius 1 is 0.909 bits per heavy atom. The number of carbonyl (C=O) groups is 3. The highest BCUT2D eigenvalue weighted by molar-refractivity contribution is 6.08. The molecule has 3 heterocycles. The molecule has 2 aromatic heterocycles. The number of fused-ring (bicyclic) bond motifs is 1. The van der Waals surface area contributed by atoms with E-state index in [9.17, 15) is 14.4 Å². The molecule has 2 amide bonds. The number of rotatable bonds is 7. The monoisotopic (exact) mass is 600 g/mol. The van der Waals surface area contributed by atoms with Gasteiger partial charge >= 0.3 is 6.09 Å². The van der Waals surface area contributed by atoms with Crippen LogP contribution in [0.2, 0.25) is 0 Å². The molecule has 1 aliphatic heterocycles. The third-order valence-electron chi connectivity index (χ3n) is 7.52. The summed E-state index contributed by atoms with van der Waals surface area (Å²) in [5, 5.41) is 10.0. The van der Waals surface area contributed by atoms with Crippen LogP contribution in [-0.4, -0.2) is 76.3 Å². The van der Waals surface area contributed by atoms with Crippen LogP contribution in [0.1, 0.15) is 66.7 Å². The molecule has 0 unspecified atom stereocenters. The van der Waals surface area contributed by atoms with Crippen LogP contribution >= 0.6 is 0 Å². The first-order chi connectivity index (χ1) is 20.8. The fourth-order valence-electron chi connectivity index (χ4n) is 5.02. The Hall–Kier alpha value is -4.48. The van der Waals surface area contributed by atoms with Gasteiger partial charge in [0.05, 0.1) is 5.54 Å². The van der Waals surface area contributed by atoms with Crippen molar-refractivity contribution < 1.29 is 23.5 Å². The molecular weight excluding hydrogens is 560 g/mol. The zero-order valence-electron chi connectivity index (χ0n) is 26.1. The lowest BCUT2D eigenvalue weighted by molar-refractivity contribution is 0.0522. The van der Waals surface area contributed by atoms with Gasteiger partial charge in [0.1, 0.15) is 11.1 Å². The summed E-state index contributed by atoms with van der Waals surface area (Å²) in [4.78, 5) is 44.4. The van der Waals surface area contributed by atoms with E-state index >= 15 is 0 Å². The van der Waals surface area contributed by atoms with E-state index < -0.39 is 29.0 Å². The van der Waals surface area contributed by atoms with E-state index in [0.717, 1.165) is 48.5 Å². The molecule has 0 saturated carbocycles. The van der Waals surface area contributed by atoms with E-state index in [4.69, 9.17) is 9.15 Å². The first-order valence-corrected chi connectivity index (χ1v) is 14.7. The van der Waals surface area contributed by atoms with E-state index in [0.29, 0.717) is 5.56 Å². The van der Waals surface area contributed by atoms with Crippen LogP contribution in [0.4, 0.5) is 10.6 Å². The normalized spacial score (nSPS) is 14.9. The maximum absolute atomic E-state index is 13.3. The van der Waals surface area contributed by atoms with Crippen molar-refractivity contribution in [3.8, 4) is 0 Å². The van der Waals surface area contributed by atoms with Crippen molar-refractivity contribution in [2.75, 3.05) is 38.5 Å². The molecule has 0 radical (unpaired) electrons. The van der Waals surface area contributed by atoms with Gasteiger partial charge in [-0.1, -0.05) is 42.5 Å². The second-order valence-electron chi connectivity index (χ2n) is 12.7. The maximum Gasteiger partial charge on any atom is 0.435 e. The summed E-state index contributed by atoms with van der Waals surface area (Å²) in [6, 6.07) is 18.4. The minimum atomic E-state index is -0.797. The number of anilines is 1. The van der Waals surface area contributed by atoms with Crippen molar-refractivity contribution in [2.24, 2.45) is 0 Å². The molecule has 11 heteroatoms. The summed E-state index contributed by atoms with van der Waals surface area (Å²) in [7, 11) is 2.13. The second-order valence-corrected chi connectivity index (χ2v) is 12.7. The van der Waals surface area contributed by atoms with Gasteiger partial charge in [-0.2, -0.15) is 4.68 Å². The number of amides is 2. The van der Waals surface area contributed by atoms with E-state index in [2.05, 4.69) is 32.6 Å². The molecule has 0 atom stereocenters. The number of furan rings is 1. The summed E-state index contributed by atoms with van der Waals surface area (Å²) in [6.07, 6.45) is -0.770. The van der Waals surface area contributed by atoms with Crippen LogP contribution in [0, 0.1) is 0 Å². The van der Waals surface area contributed by atoms with Gasteiger partial charge in [-0.3, -0.25) is 14.5 Å². The highest BCUT2D eigenvalue weighted by Crippen LogP contribution is 2.29. The highest BCUT2D eigenvalue weighted by atomic mass is 16.6. The number of benzene rings is 2. The topological polar surface area (TPSA) is 122 Å². The molecule has 4 aromatic rings. The molecule has 0 bridgehead atoms. The largest absolute Gasteiger partial charge is 0.445 e. The van der Waals surface area contributed by atoms with Crippen molar-refractivity contribution in [1.82, 2.24) is 24.9 Å². The number of nitrogens with one attached hydrogen (secondary N) is 2. The summed E-state index contributed by atoms with van der Waals surface area (Å²) >= 11 is 0. The van der Waals surface area contributed by atoms with E-state index in [-0.39, 0.29) is 22.7 Å². The number of ether oxygens (including phenoxy) is 1. The van der Waals surface area contributed by atoms with Gasteiger partial charge in [0.25, 0.3) is 11.8 Å². The van der Waals surface area contributed by atoms with Gasteiger partial charge in [-0.05, 0) is 64.9 Å². The Morgan fingerprint density at radius 3 is 2.20 bits per heavy atom. The lowest BCUT2D eigenvalue weighted by Gasteiger charge is -2.32. The lowest BCUT2D eigenvalue weighted by atomic mass is 9.94. The van der Waals surface area contributed by atoms with Crippen LogP contribution in [0.5, 0.6) is 0 Å². The molecule has 0 aliphatic carbocycles. The molecule has 2 N–H and O–H groups in total. The first-order valence-electron chi connectivity index (χ1n) is 14.7. The van der Waals surface area contributed by atoms with Crippen LogP contribution in [-0.2, 0) is 16.8 Å². The van der Waals surface area contributed by atoms with Crippen molar-refractivity contribution in [1.29, 1.82) is 0 Å². The Bertz CT molecular complexity index is 1640. The predicted octanol–water partition coefficient (Wildman–Crippen LogP) is 5.08. The third kappa shape index (κ3) is 7.17. The molecule has 11 nitrogen and oxygen atoms in total. The van der Waals surface area contributed by atoms with E-state index in [1.54, 1.807) is 32.9 Å². The number of carbonyl (C=O) groups excluding carboxylic acids is 3. The Morgan fingerprint density at radius 2 is 1.57 bits per heavy atom. The van der Waals surface area contributed by atoms with Gasteiger partial charge in [-0.25, -0.2) is 4.79 Å². The number of aromatic nitrogens is 2. The average Bonchev–Trinajstić information content (AvgIpc) is 3.55. The molecule has 5 rings (SSSR count). The summed E-state index contributed by atoms with van der Waals surface area (Å²) in [6.45, 7) is 13.9. The summed E-state index contributed by atoms with van der Waals surface area (Å²) < 4.78 is 12.4. The minimum absolute atomic E-state index is 0.00116. The third-order valence-corrected chi connectivity index (χ3v) is 7.52. The fourth-order valence-corrected chi connectivity index (χ4v) is 5.02. The summed E-state index contributed by atoms with van der Waals surface area (Å²) in [5.74, 6) is -0.959. The molecular formula is C33H40N6O5. The zero-order chi connectivity index (χ0) is 31.6. The number of hydrogen-bond acceptors (Lipinski definition) is 8. The first kappa shape index (κ1) is 31.0. The number of nitrogens with zero attached hydrogens (tertiary/aromatic N) is 4. The van der Waals surface area contributed by atoms with Crippen molar-refractivity contribution in [3.05, 3.63) is 83.1 Å². The van der Waals surface area contributed by atoms with Crippen molar-refractivity contribution >= 4 is 34.8 Å². The molecule has 1 saturated heterocycles. The standard InChI is InChI=1S/C33H40N6O5/c1-32(2,3)44-31(42)39-25-20-26(30(41)35-33(4,5)24-10-8-7-9-11-24)43-27(25)28(36-39)34-29(40)23-14-12-22(13-15-23)21-38-18-16-37(6)17-19-38/h7-15,20H,16-19,21H2,1-6H3,(H,35,41)(H,34,36,40). The van der Waals surface area contributed by atoms with Crippen LogP contribution in [0.15, 0.2) is 65.1 Å². The Labute approximate surface area is 257 Å². The van der Waals surface area contributed by atoms with Crippen molar-refractivity contribution in [3.63, 3.8) is 0 Å². The molecule has 2 aromatic carbocycles. The van der Waals surface area contributed by atoms with Gasteiger partial charge in [0.15, 0.2) is 17.2 Å². The zero-order valence-corrected chi connectivity index (χ0v) is 26.1. The van der Waals surface area contributed by atoms with Gasteiger partial charge < -0.3 is 24.7 Å². The smallest absolute Gasteiger partial charge is 0.435 e. The van der Waals surface area contributed by atoms with E-state index in [1.165, 1.54) is 6.07 Å². The minimum Gasteiger partial charge on any atom is -0.445 e. The molecule has 1 aliphatic rings. The van der Waals surface area contributed by atoms with Gasteiger partial charge in [0, 0.05) is 44.4 Å². The average molecular weight is 601 g/mol. The van der Waals surface area contributed by atoms with Gasteiger partial charge in [0.2, 0.25) is 0 Å². The molecule has 44 heavy (non-hydrogen) atoms. The van der Waals surface area contributed by atoms with Gasteiger partial charge in [-0.15, -0.1) is 5.10 Å². The predicted molar refractivity (Wildman–Crippen MR) is 168 cm³/mol. The number of piperazine rings is 1. The SMILES string of the molecule is CN1CCN(Cc2ccc(C(=O)Nc3nn(C(=O)OC(C)(C)C)c4cc(C(=O)NC(C)(C)c5ccccc5)oc34)cc2)CC1. The van der Waals surface area contributed by atoms with Crippen molar-refractivity contribution in [2.45, 2.75) is 52.3 Å². The molecule has 0 spiro atoms. The van der Waals surface area contributed by atoms with Crippen LogP contribution in [0.3, 0.4) is 0 Å². The maximum atomic E-state index is 13.3. The Kier molecular flexibility index (Phi) is 8.62. The molecule has 232 valence electrons. The quantitative estimate of drug-likeness (QED) is 0.301. The fraction of sp³-hybridized carbons (Fsp3) is 0.394. The number of hydrogen-bond donors (Lipinski definition) is 2. The Balaban J connectivity index is 1.38. The summed E-state index contributed by atoms with van der Waals surface area (Å²) in [5.41, 5.74) is 1.21. The number of likely N-dealkylation sites (N-methyl/N-ethyl adjacent to an activating group) is 1. The second kappa shape index (κ2) is 12.3. The molecule has 1 fully saturated rings. The highest BCUT2D eigenvalue weighted by Gasteiger charge is 2.30. The van der Waals surface area contributed by atoms with E-state index in [1.807, 2.05) is 56.3 Å². The van der Waals surface area contributed by atoms with Crippen LogP contribution < -0.4 is 10.6 Å². The van der Waals surface area contributed by atoms with Crippen LogP contribution in [0.25, 0.3) is 11.1 Å². The lowest BCUT2D eigenvalue weighted by Crippen LogP contribution is -2.43.